The van der Waals surface area contributed by atoms with Crippen LogP contribution < -0.4 is 10.5 Å². The summed E-state index contributed by atoms with van der Waals surface area (Å²) in [6, 6.07) is 18.4. The summed E-state index contributed by atoms with van der Waals surface area (Å²) >= 11 is 0. The number of nitrogens with zero attached hydrogens (tertiary/aromatic N) is 1. The lowest BCUT2D eigenvalue weighted by Crippen LogP contribution is -2.21. The van der Waals surface area contributed by atoms with Gasteiger partial charge in [0.1, 0.15) is 11.5 Å². The van der Waals surface area contributed by atoms with Crippen LogP contribution in [0.5, 0.6) is 0 Å². The van der Waals surface area contributed by atoms with Gasteiger partial charge in [-0.25, -0.2) is 17.5 Å². The zero-order chi connectivity index (χ0) is 28.6. The molecule has 0 amide bonds. The summed E-state index contributed by atoms with van der Waals surface area (Å²) in [5.74, 6) is -0.443. The molecule has 2 heterocycles. The molecule has 40 heavy (non-hydrogen) atoms. The van der Waals surface area contributed by atoms with E-state index < -0.39 is 15.8 Å². The molecule has 7 nitrogen and oxygen atoms in total. The van der Waals surface area contributed by atoms with Crippen molar-refractivity contribution in [2.45, 2.75) is 20.4 Å². The Morgan fingerprint density at radius 1 is 1.05 bits per heavy atom. The number of rotatable bonds is 8. The third-order valence-electron chi connectivity index (χ3n) is 6.41. The largest absolute Gasteiger partial charge is 0.402 e. The maximum atomic E-state index is 14.6. The van der Waals surface area contributed by atoms with Crippen LogP contribution in [-0.4, -0.2) is 29.9 Å². The molecule has 0 bridgehead atoms. The number of nitrogens with one attached hydrogen (secondary N) is 3. The molecule has 0 unspecified atom stereocenters. The molecule has 0 aliphatic rings. The minimum Gasteiger partial charge on any atom is -0.402 e. The van der Waals surface area contributed by atoms with E-state index in [0.29, 0.717) is 16.8 Å². The molecule has 9 heteroatoms. The second kappa shape index (κ2) is 10.6. The number of H-pyrrole nitrogens is 2. The van der Waals surface area contributed by atoms with Crippen molar-refractivity contribution in [2.75, 3.05) is 6.26 Å². The van der Waals surface area contributed by atoms with Crippen LogP contribution in [0.3, 0.4) is 0 Å². The summed E-state index contributed by atoms with van der Waals surface area (Å²) in [5.41, 5.74) is 14.8. The molecule has 5 N–H and O–H groups in total. The van der Waals surface area contributed by atoms with Crippen LogP contribution in [0.4, 0.5) is 4.39 Å². The predicted molar refractivity (Wildman–Crippen MR) is 161 cm³/mol. The molecule has 2 aromatic heterocycles. The topological polar surface area (TPSA) is 117 Å². The van der Waals surface area contributed by atoms with Crippen molar-refractivity contribution in [1.82, 2.24) is 19.9 Å². The Balaban J connectivity index is 1.60. The number of hydrogen-bond acceptors (Lipinski definition) is 4. The SMILES string of the molecule is C=C(C)/C=C(\C=C(/C)N)c1ccc2[nH]nc(-c3cc4c(-c5cc(F)cc(CNS(C)(=O)=O)c5)cccc4[nH]3)c2c1. The van der Waals surface area contributed by atoms with Crippen LogP contribution in [0.2, 0.25) is 0 Å². The lowest BCUT2D eigenvalue weighted by molar-refractivity contribution is 0.586. The van der Waals surface area contributed by atoms with Gasteiger partial charge >= 0.3 is 0 Å². The van der Waals surface area contributed by atoms with Gasteiger partial charge in [0, 0.05) is 28.5 Å². The van der Waals surface area contributed by atoms with Crippen molar-refractivity contribution in [2.24, 2.45) is 5.73 Å². The highest BCUT2D eigenvalue weighted by atomic mass is 32.2. The van der Waals surface area contributed by atoms with E-state index in [2.05, 4.69) is 32.5 Å². The van der Waals surface area contributed by atoms with Crippen LogP contribution in [0.15, 0.2) is 90.7 Å². The molecular weight excluding hydrogens is 525 g/mol. The first-order valence-corrected chi connectivity index (χ1v) is 14.5. The first kappa shape index (κ1) is 27.1. The van der Waals surface area contributed by atoms with Gasteiger partial charge in [-0.05, 0) is 90.2 Å². The number of nitrogens with two attached hydrogens (primary N) is 1. The van der Waals surface area contributed by atoms with E-state index in [-0.39, 0.29) is 6.54 Å². The fourth-order valence-corrected chi connectivity index (χ4v) is 5.20. The Bertz CT molecular complexity index is 1940. The monoisotopic (exact) mass is 555 g/mol. The highest BCUT2D eigenvalue weighted by molar-refractivity contribution is 7.88. The second-order valence-electron chi connectivity index (χ2n) is 10.1. The van der Waals surface area contributed by atoms with E-state index in [1.807, 2.05) is 62.4 Å². The summed E-state index contributed by atoms with van der Waals surface area (Å²) in [5, 5.41) is 9.54. The van der Waals surface area contributed by atoms with Crippen molar-refractivity contribution < 1.29 is 12.8 Å². The Kier molecular flexibility index (Phi) is 7.18. The van der Waals surface area contributed by atoms with Gasteiger partial charge in [-0.3, -0.25) is 5.10 Å². The summed E-state index contributed by atoms with van der Waals surface area (Å²) in [6.45, 7) is 7.80. The van der Waals surface area contributed by atoms with Crippen LogP contribution >= 0.6 is 0 Å². The van der Waals surface area contributed by atoms with Gasteiger partial charge in [0.05, 0.1) is 17.5 Å². The Labute approximate surface area is 232 Å². The van der Waals surface area contributed by atoms with Gasteiger partial charge in [-0.15, -0.1) is 0 Å². The fraction of sp³-hybridized carbons (Fsp3) is 0.129. The molecular formula is C31H30FN5O2S. The first-order chi connectivity index (χ1) is 19.0. The summed E-state index contributed by atoms with van der Waals surface area (Å²) < 4.78 is 40.1. The van der Waals surface area contributed by atoms with E-state index in [4.69, 9.17) is 5.73 Å². The highest BCUT2D eigenvalue weighted by Gasteiger charge is 2.15. The minimum absolute atomic E-state index is 0.000230. The van der Waals surface area contributed by atoms with Gasteiger partial charge in [-0.2, -0.15) is 5.10 Å². The molecule has 0 radical (unpaired) electrons. The summed E-state index contributed by atoms with van der Waals surface area (Å²) in [7, 11) is -3.41. The quantitative estimate of drug-likeness (QED) is 0.166. The van der Waals surface area contributed by atoms with Gasteiger partial charge in [0.2, 0.25) is 10.0 Å². The molecule has 0 saturated carbocycles. The molecule has 0 spiro atoms. The van der Waals surface area contributed by atoms with Crippen molar-refractivity contribution in [3.63, 3.8) is 0 Å². The minimum atomic E-state index is -3.41. The Morgan fingerprint density at radius 3 is 2.58 bits per heavy atom. The lowest BCUT2D eigenvalue weighted by Gasteiger charge is -2.08. The second-order valence-corrected chi connectivity index (χ2v) is 11.9. The van der Waals surface area contributed by atoms with E-state index in [1.165, 1.54) is 12.1 Å². The maximum absolute atomic E-state index is 14.6. The molecule has 204 valence electrons. The molecule has 0 aliphatic carbocycles. The zero-order valence-corrected chi connectivity index (χ0v) is 23.3. The number of benzene rings is 3. The number of sulfonamides is 1. The molecule has 5 rings (SSSR count). The highest BCUT2D eigenvalue weighted by Crippen LogP contribution is 2.35. The first-order valence-electron chi connectivity index (χ1n) is 12.6. The van der Waals surface area contributed by atoms with Crippen LogP contribution in [-0.2, 0) is 16.6 Å². The fourth-order valence-electron chi connectivity index (χ4n) is 4.77. The van der Waals surface area contributed by atoms with E-state index in [0.717, 1.165) is 61.7 Å². The number of hydrogen-bond donors (Lipinski definition) is 4. The molecule has 0 aliphatic heterocycles. The summed E-state index contributed by atoms with van der Waals surface area (Å²) in [6.07, 6.45) is 4.99. The number of aromatic nitrogens is 3. The van der Waals surface area contributed by atoms with Gasteiger partial charge in [-0.1, -0.05) is 36.4 Å². The average Bonchev–Trinajstić information content (AvgIpc) is 3.49. The van der Waals surface area contributed by atoms with E-state index >= 15 is 0 Å². The molecule has 5 aromatic rings. The van der Waals surface area contributed by atoms with Gasteiger partial charge in [0.25, 0.3) is 0 Å². The molecule has 3 aromatic carbocycles. The Morgan fingerprint density at radius 2 is 1.85 bits per heavy atom. The van der Waals surface area contributed by atoms with Gasteiger partial charge < -0.3 is 10.7 Å². The average molecular weight is 556 g/mol. The lowest BCUT2D eigenvalue weighted by atomic mass is 9.98. The van der Waals surface area contributed by atoms with Crippen molar-refractivity contribution in [3.05, 3.63) is 108 Å². The molecule has 0 saturated heterocycles. The standard InChI is InChI=1S/C31H30FN5O2S/c1-18(2)10-22(11-19(3)33)21-8-9-29-27(15-21)31(37-36-29)30-16-26-25(6-5-7-28(26)35-30)23-12-20(13-24(32)14-23)17-34-40(4,38)39/h5-16,34-35H,1,17,33H2,2-4H3,(H,36,37)/b19-11+,22-10+. The summed E-state index contributed by atoms with van der Waals surface area (Å²) in [4.78, 5) is 3.46. The smallest absolute Gasteiger partial charge is 0.209 e. The van der Waals surface area contributed by atoms with Crippen LogP contribution in [0.1, 0.15) is 25.0 Å². The van der Waals surface area contributed by atoms with Crippen molar-refractivity contribution >= 4 is 37.4 Å². The number of fused-ring (bicyclic) bond motifs is 2. The zero-order valence-electron chi connectivity index (χ0n) is 22.5. The van der Waals surface area contributed by atoms with Crippen molar-refractivity contribution in [1.29, 1.82) is 0 Å². The third kappa shape index (κ3) is 5.90. The van der Waals surface area contributed by atoms with Gasteiger partial charge in [0.15, 0.2) is 0 Å². The molecule has 0 fully saturated rings. The van der Waals surface area contributed by atoms with Crippen LogP contribution in [0, 0.1) is 5.82 Å². The number of aromatic amines is 2. The third-order valence-corrected chi connectivity index (χ3v) is 7.08. The number of allylic oxidation sites excluding steroid dienone is 5. The van der Waals surface area contributed by atoms with Crippen LogP contribution in [0.25, 0.3) is 49.9 Å². The van der Waals surface area contributed by atoms with E-state index in [1.54, 1.807) is 6.07 Å². The van der Waals surface area contributed by atoms with Crippen molar-refractivity contribution in [3.8, 4) is 22.5 Å². The Hall–Kier alpha value is -4.47. The predicted octanol–water partition coefficient (Wildman–Crippen LogP) is 6.39. The number of halogens is 1. The maximum Gasteiger partial charge on any atom is 0.209 e. The van der Waals surface area contributed by atoms with E-state index in [9.17, 15) is 12.8 Å². The normalized spacial score (nSPS) is 12.9. The molecule has 0 atom stereocenters.